The van der Waals surface area contributed by atoms with Gasteiger partial charge in [-0.2, -0.15) is 5.26 Å². The van der Waals surface area contributed by atoms with Gasteiger partial charge in [-0.15, -0.1) is 0 Å². The van der Waals surface area contributed by atoms with E-state index in [-0.39, 0.29) is 12.3 Å². The van der Waals surface area contributed by atoms with Gasteiger partial charge in [0.25, 0.3) is 0 Å². The van der Waals surface area contributed by atoms with Crippen LogP contribution in [0.4, 0.5) is 0 Å². The van der Waals surface area contributed by atoms with Crippen molar-refractivity contribution in [1.82, 2.24) is 10.2 Å². The summed E-state index contributed by atoms with van der Waals surface area (Å²) in [6, 6.07) is 7.53. The van der Waals surface area contributed by atoms with E-state index in [1.54, 1.807) is 7.11 Å². The number of amides is 1. The lowest BCUT2D eigenvalue weighted by molar-refractivity contribution is -0.120. The largest absolute Gasteiger partial charge is 0.497 e. The maximum atomic E-state index is 11.3. The molecule has 0 aliphatic rings. The van der Waals surface area contributed by atoms with E-state index >= 15 is 0 Å². The summed E-state index contributed by atoms with van der Waals surface area (Å²) in [5.41, 5.74) is 1.01. The molecule has 1 aromatic rings. The van der Waals surface area contributed by atoms with Crippen molar-refractivity contribution >= 4 is 5.91 Å². The molecule has 0 unspecified atom stereocenters. The normalized spacial score (nSPS) is 10.3. The number of nitriles is 1. The van der Waals surface area contributed by atoms with Gasteiger partial charge in [0.2, 0.25) is 5.91 Å². The van der Waals surface area contributed by atoms with E-state index in [9.17, 15) is 4.79 Å². The Labute approximate surface area is 144 Å². The topological polar surface area (TPSA) is 74.6 Å². The molecule has 6 heteroatoms. The van der Waals surface area contributed by atoms with Gasteiger partial charge in [-0.05, 0) is 31.1 Å². The molecule has 0 aromatic heterocycles. The smallest absolute Gasteiger partial charge is 0.234 e. The zero-order valence-electron chi connectivity index (χ0n) is 14.8. The zero-order chi connectivity index (χ0) is 17.8. The third kappa shape index (κ3) is 6.88. The predicted molar refractivity (Wildman–Crippen MR) is 93.2 cm³/mol. The summed E-state index contributed by atoms with van der Waals surface area (Å²) in [6.45, 7) is 8.19. The molecule has 0 fully saturated rings. The fourth-order valence-corrected chi connectivity index (χ4v) is 2.30. The highest BCUT2D eigenvalue weighted by atomic mass is 16.5. The van der Waals surface area contributed by atoms with E-state index in [1.165, 1.54) is 0 Å². The Hall–Kier alpha value is -2.26. The highest BCUT2D eigenvalue weighted by molar-refractivity contribution is 5.77. The highest BCUT2D eigenvalue weighted by Gasteiger charge is 2.08. The number of benzene rings is 1. The average molecular weight is 333 g/mol. The second kappa shape index (κ2) is 11.3. The van der Waals surface area contributed by atoms with Crippen LogP contribution in [-0.2, 0) is 11.2 Å². The lowest BCUT2D eigenvalue weighted by atomic mass is 10.1. The van der Waals surface area contributed by atoms with Gasteiger partial charge in [-0.3, -0.25) is 4.79 Å². The minimum absolute atomic E-state index is 0.115. The second-order valence-electron chi connectivity index (χ2n) is 5.28. The molecule has 1 aromatic carbocycles. The Bertz CT molecular complexity index is 551. The van der Waals surface area contributed by atoms with Crippen LogP contribution in [0.15, 0.2) is 18.2 Å². The van der Waals surface area contributed by atoms with Crippen molar-refractivity contribution in [3.8, 4) is 17.6 Å². The number of rotatable bonds is 11. The van der Waals surface area contributed by atoms with Gasteiger partial charge in [0, 0.05) is 19.2 Å². The number of hydrogen-bond acceptors (Lipinski definition) is 5. The van der Waals surface area contributed by atoms with Crippen LogP contribution in [-0.4, -0.2) is 50.7 Å². The number of carbonyl (C=O) groups is 1. The number of hydrogen-bond donors (Lipinski definition) is 1. The molecule has 0 radical (unpaired) electrons. The summed E-state index contributed by atoms with van der Waals surface area (Å²) in [6.07, 6.45) is 0.525. The van der Waals surface area contributed by atoms with Crippen molar-refractivity contribution < 1.29 is 14.3 Å². The first-order chi connectivity index (χ1) is 11.6. The zero-order valence-corrected chi connectivity index (χ0v) is 14.8. The van der Waals surface area contributed by atoms with Crippen LogP contribution in [0.2, 0.25) is 0 Å². The summed E-state index contributed by atoms with van der Waals surface area (Å²) in [4.78, 5) is 13.6. The maximum absolute atomic E-state index is 11.3. The van der Waals surface area contributed by atoms with Crippen LogP contribution < -0.4 is 14.8 Å². The molecule has 0 aliphatic carbocycles. The molecular weight excluding hydrogens is 306 g/mol. The van der Waals surface area contributed by atoms with E-state index in [1.807, 2.05) is 24.3 Å². The number of methoxy groups -OCH3 is 1. The molecule has 0 aliphatic heterocycles. The molecule has 132 valence electrons. The number of nitrogens with zero attached hydrogens (tertiary/aromatic N) is 2. The van der Waals surface area contributed by atoms with Gasteiger partial charge in [0.15, 0.2) is 0 Å². The van der Waals surface area contributed by atoms with E-state index in [2.05, 4.69) is 24.1 Å². The highest BCUT2D eigenvalue weighted by Crippen LogP contribution is 2.25. The summed E-state index contributed by atoms with van der Waals surface area (Å²) < 4.78 is 11.2. The number of nitrogens with one attached hydrogen (secondary N) is 1. The standard InChI is InChI=1S/C18H27N3O3/c1-4-21(5-2)12-13-24-17-14-16(23-3)7-6-15(17)9-11-20-18(22)8-10-19/h6-7,14H,4-5,8-9,11-13H2,1-3H3,(H,20,22). The monoisotopic (exact) mass is 333 g/mol. The molecule has 1 amide bonds. The second-order valence-corrected chi connectivity index (χ2v) is 5.28. The van der Waals surface area contributed by atoms with Crippen LogP contribution in [0.3, 0.4) is 0 Å². The van der Waals surface area contributed by atoms with Crippen LogP contribution in [0.25, 0.3) is 0 Å². The maximum Gasteiger partial charge on any atom is 0.234 e. The van der Waals surface area contributed by atoms with Crippen molar-refractivity contribution in [3.05, 3.63) is 23.8 Å². The van der Waals surface area contributed by atoms with E-state index in [4.69, 9.17) is 14.7 Å². The van der Waals surface area contributed by atoms with Crippen LogP contribution >= 0.6 is 0 Å². The molecule has 6 nitrogen and oxygen atoms in total. The van der Waals surface area contributed by atoms with Crippen molar-refractivity contribution in [2.24, 2.45) is 0 Å². The summed E-state index contributed by atoms with van der Waals surface area (Å²) in [5.74, 6) is 1.26. The SMILES string of the molecule is CCN(CC)CCOc1cc(OC)ccc1CCNC(=O)CC#N. The molecule has 1 N–H and O–H groups in total. The van der Waals surface area contributed by atoms with Crippen molar-refractivity contribution in [1.29, 1.82) is 5.26 Å². The molecule has 0 saturated carbocycles. The van der Waals surface area contributed by atoms with E-state index < -0.39 is 0 Å². The first-order valence-electron chi connectivity index (χ1n) is 8.30. The molecule has 0 spiro atoms. The number of carbonyl (C=O) groups excluding carboxylic acids is 1. The molecular formula is C18H27N3O3. The van der Waals surface area contributed by atoms with Crippen LogP contribution in [0, 0.1) is 11.3 Å². The lowest BCUT2D eigenvalue weighted by Crippen LogP contribution is -2.28. The fraction of sp³-hybridized carbons (Fsp3) is 0.556. The van der Waals surface area contributed by atoms with Crippen LogP contribution in [0.1, 0.15) is 25.8 Å². The summed E-state index contributed by atoms with van der Waals surface area (Å²) >= 11 is 0. The minimum atomic E-state index is -0.255. The molecule has 0 heterocycles. The van der Waals surface area contributed by atoms with Gasteiger partial charge in [0.05, 0.1) is 13.2 Å². The van der Waals surface area contributed by atoms with E-state index in [0.29, 0.717) is 19.6 Å². The molecule has 24 heavy (non-hydrogen) atoms. The molecule has 0 saturated heterocycles. The predicted octanol–water partition coefficient (Wildman–Crippen LogP) is 1.99. The number of likely N-dealkylation sites (N-methyl/N-ethyl adjacent to an activating group) is 1. The van der Waals surface area contributed by atoms with Gasteiger partial charge in [0.1, 0.15) is 24.5 Å². The Morgan fingerprint density at radius 3 is 2.71 bits per heavy atom. The molecule has 0 atom stereocenters. The van der Waals surface area contributed by atoms with Gasteiger partial charge in [-0.25, -0.2) is 0 Å². The van der Waals surface area contributed by atoms with Crippen molar-refractivity contribution in [2.75, 3.05) is 39.9 Å². The lowest BCUT2D eigenvalue weighted by Gasteiger charge is -2.19. The Kier molecular flexibility index (Phi) is 9.32. The van der Waals surface area contributed by atoms with Crippen molar-refractivity contribution in [3.63, 3.8) is 0 Å². The third-order valence-electron chi connectivity index (χ3n) is 3.79. The molecule has 0 bridgehead atoms. The third-order valence-corrected chi connectivity index (χ3v) is 3.79. The fourth-order valence-electron chi connectivity index (χ4n) is 2.30. The number of ether oxygens (including phenoxy) is 2. The average Bonchev–Trinajstić information content (AvgIpc) is 2.60. The van der Waals surface area contributed by atoms with E-state index in [0.717, 1.165) is 36.7 Å². The van der Waals surface area contributed by atoms with Crippen molar-refractivity contribution in [2.45, 2.75) is 26.7 Å². The Balaban J connectivity index is 2.63. The quantitative estimate of drug-likeness (QED) is 0.670. The van der Waals surface area contributed by atoms with Gasteiger partial charge in [-0.1, -0.05) is 19.9 Å². The Morgan fingerprint density at radius 1 is 1.33 bits per heavy atom. The summed E-state index contributed by atoms with van der Waals surface area (Å²) in [7, 11) is 1.62. The summed E-state index contributed by atoms with van der Waals surface area (Å²) in [5, 5.41) is 11.2. The van der Waals surface area contributed by atoms with Gasteiger partial charge >= 0.3 is 0 Å². The molecule has 1 rings (SSSR count). The first-order valence-corrected chi connectivity index (χ1v) is 8.30. The van der Waals surface area contributed by atoms with Gasteiger partial charge < -0.3 is 19.7 Å². The minimum Gasteiger partial charge on any atom is -0.497 e. The first kappa shape index (κ1) is 19.8. The Morgan fingerprint density at radius 2 is 2.08 bits per heavy atom. The van der Waals surface area contributed by atoms with Crippen LogP contribution in [0.5, 0.6) is 11.5 Å².